The summed E-state index contributed by atoms with van der Waals surface area (Å²) in [4.78, 5) is 27.9. The van der Waals surface area contributed by atoms with Crippen LogP contribution in [0.3, 0.4) is 0 Å². The number of nitrogens with one attached hydrogen (secondary N) is 1. The highest BCUT2D eigenvalue weighted by Crippen LogP contribution is 2.49. The molecule has 180 valence electrons. The SMILES string of the molecule is CCCNC(=O)CN1C(=O)CSC(c2ccsc2)c2c(C(C)(C)C)nn(-c3ccccc3Cl)c21. The van der Waals surface area contributed by atoms with Crippen LogP contribution in [0.25, 0.3) is 5.69 Å². The van der Waals surface area contributed by atoms with E-state index in [1.54, 1.807) is 32.7 Å². The van der Waals surface area contributed by atoms with Gasteiger partial charge >= 0.3 is 0 Å². The number of thioether (sulfide) groups is 1. The van der Waals surface area contributed by atoms with Gasteiger partial charge in [0.1, 0.15) is 12.4 Å². The summed E-state index contributed by atoms with van der Waals surface area (Å²) < 4.78 is 1.76. The zero-order valence-electron chi connectivity index (χ0n) is 19.8. The average molecular weight is 517 g/mol. The zero-order chi connectivity index (χ0) is 24.5. The number of hydrogen-bond acceptors (Lipinski definition) is 5. The number of amides is 2. The third-order valence-corrected chi connectivity index (χ3v) is 7.88. The minimum absolute atomic E-state index is 0.0670. The summed E-state index contributed by atoms with van der Waals surface area (Å²) >= 11 is 9.83. The van der Waals surface area contributed by atoms with E-state index in [0.29, 0.717) is 23.1 Å². The molecular formula is C25H29ClN4O2S2. The molecule has 0 radical (unpaired) electrons. The van der Waals surface area contributed by atoms with Crippen molar-refractivity contribution in [3.05, 3.63) is 62.9 Å². The molecule has 2 aromatic heterocycles. The third kappa shape index (κ3) is 4.90. The maximum Gasteiger partial charge on any atom is 0.240 e. The molecular weight excluding hydrogens is 488 g/mol. The molecule has 0 fully saturated rings. The lowest BCUT2D eigenvalue weighted by molar-refractivity contribution is -0.122. The molecule has 3 aromatic rings. The topological polar surface area (TPSA) is 67.2 Å². The van der Waals surface area contributed by atoms with Crippen molar-refractivity contribution in [2.45, 2.75) is 44.8 Å². The molecule has 1 unspecified atom stereocenters. The number of para-hydroxylation sites is 1. The molecule has 1 aliphatic rings. The van der Waals surface area contributed by atoms with Gasteiger partial charge < -0.3 is 5.32 Å². The summed E-state index contributed by atoms with van der Waals surface area (Å²) in [5.41, 5.74) is 3.36. The summed E-state index contributed by atoms with van der Waals surface area (Å²) in [6, 6.07) is 9.56. The summed E-state index contributed by atoms with van der Waals surface area (Å²) in [5.74, 6) is 0.576. The Morgan fingerprint density at radius 1 is 1.26 bits per heavy atom. The van der Waals surface area contributed by atoms with Crippen LogP contribution in [-0.2, 0) is 15.0 Å². The van der Waals surface area contributed by atoms with E-state index in [2.05, 4.69) is 37.5 Å². The quantitative estimate of drug-likeness (QED) is 0.464. The summed E-state index contributed by atoms with van der Waals surface area (Å²) in [6.45, 7) is 8.85. The predicted octanol–water partition coefficient (Wildman–Crippen LogP) is 5.58. The van der Waals surface area contributed by atoms with Crippen LogP contribution in [0.1, 0.15) is 56.2 Å². The molecule has 0 saturated heterocycles. The molecule has 6 nitrogen and oxygen atoms in total. The number of aromatic nitrogens is 2. The average Bonchev–Trinajstić information content (AvgIpc) is 3.43. The second-order valence-corrected chi connectivity index (χ2v) is 11.6. The van der Waals surface area contributed by atoms with Crippen molar-refractivity contribution in [1.82, 2.24) is 15.1 Å². The van der Waals surface area contributed by atoms with Crippen molar-refractivity contribution >= 4 is 52.3 Å². The van der Waals surface area contributed by atoms with Gasteiger partial charge in [-0.15, -0.1) is 11.8 Å². The van der Waals surface area contributed by atoms with Crippen molar-refractivity contribution in [3.63, 3.8) is 0 Å². The van der Waals surface area contributed by atoms with Gasteiger partial charge in [0.15, 0.2) is 0 Å². The molecule has 2 amide bonds. The molecule has 0 bridgehead atoms. The Labute approximate surface area is 213 Å². The van der Waals surface area contributed by atoms with Crippen molar-refractivity contribution in [1.29, 1.82) is 0 Å². The second-order valence-electron chi connectivity index (χ2n) is 9.28. The minimum Gasteiger partial charge on any atom is -0.355 e. The Morgan fingerprint density at radius 3 is 2.68 bits per heavy atom. The number of carbonyl (C=O) groups is 2. The fourth-order valence-electron chi connectivity index (χ4n) is 4.02. The lowest BCUT2D eigenvalue weighted by Gasteiger charge is -2.24. The Hall–Kier alpha value is -2.29. The Morgan fingerprint density at radius 2 is 2.03 bits per heavy atom. The third-order valence-electron chi connectivity index (χ3n) is 5.60. The highest BCUT2D eigenvalue weighted by molar-refractivity contribution is 8.00. The predicted molar refractivity (Wildman–Crippen MR) is 142 cm³/mol. The molecule has 3 heterocycles. The van der Waals surface area contributed by atoms with Gasteiger partial charge in [0.05, 0.1) is 27.4 Å². The van der Waals surface area contributed by atoms with Gasteiger partial charge in [-0.2, -0.15) is 16.4 Å². The molecule has 0 aliphatic carbocycles. The Kier molecular flexibility index (Phi) is 7.40. The van der Waals surface area contributed by atoms with Crippen LogP contribution < -0.4 is 10.2 Å². The molecule has 0 spiro atoms. The van der Waals surface area contributed by atoms with Crippen LogP contribution >= 0.6 is 34.7 Å². The highest BCUT2D eigenvalue weighted by Gasteiger charge is 2.40. The van der Waals surface area contributed by atoms with E-state index in [1.807, 2.05) is 36.6 Å². The van der Waals surface area contributed by atoms with E-state index in [1.165, 1.54) is 0 Å². The van der Waals surface area contributed by atoms with E-state index in [0.717, 1.165) is 23.2 Å². The van der Waals surface area contributed by atoms with Gasteiger partial charge in [-0.05, 0) is 40.9 Å². The van der Waals surface area contributed by atoms with Crippen molar-refractivity contribution in [3.8, 4) is 5.69 Å². The number of halogens is 1. The Balaban J connectivity index is 1.99. The van der Waals surface area contributed by atoms with Crippen LogP contribution in [0.15, 0.2) is 41.1 Å². The first-order valence-electron chi connectivity index (χ1n) is 11.3. The van der Waals surface area contributed by atoms with E-state index in [9.17, 15) is 9.59 Å². The van der Waals surface area contributed by atoms with Crippen LogP contribution in [0.2, 0.25) is 5.02 Å². The molecule has 1 N–H and O–H groups in total. The number of anilines is 1. The van der Waals surface area contributed by atoms with Gasteiger partial charge in [0.25, 0.3) is 0 Å². The number of benzene rings is 1. The van der Waals surface area contributed by atoms with Gasteiger partial charge in [0, 0.05) is 17.5 Å². The van der Waals surface area contributed by atoms with Gasteiger partial charge in [0.2, 0.25) is 11.8 Å². The second kappa shape index (κ2) is 10.1. The monoisotopic (exact) mass is 516 g/mol. The first-order valence-corrected chi connectivity index (χ1v) is 13.7. The molecule has 1 aliphatic heterocycles. The van der Waals surface area contributed by atoms with E-state index in [-0.39, 0.29) is 34.8 Å². The lowest BCUT2D eigenvalue weighted by atomic mass is 9.87. The van der Waals surface area contributed by atoms with Crippen molar-refractivity contribution in [2.75, 3.05) is 23.7 Å². The molecule has 9 heteroatoms. The van der Waals surface area contributed by atoms with Crippen LogP contribution in [0.5, 0.6) is 0 Å². The van der Waals surface area contributed by atoms with Gasteiger partial charge in [-0.1, -0.05) is 51.4 Å². The normalized spacial score (nSPS) is 16.3. The number of hydrogen-bond donors (Lipinski definition) is 1. The van der Waals surface area contributed by atoms with Crippen molar-refractivity contribution in [2.24, 2.45) is 0 Å². The maximum atomic E-state index is 13.5. The molecule has 34 heavy (non-hydrogen) atoms. The number of carbonyl (C=O) groups excluding carboxylic acids is 2. The van der Waals surface area contributed by atoms with Crippen LogP contribution in [0.4, 0.5) is 5.82 Å². The zero-order valence-corrected chi connectivity index (χ0v) is 22.2. The largest absolute Gasteiger partial charge is 0.355 e. The van der Waals surface area contributed by atoms with Crippen LogP contribution in [0, 0.1) is 0 Å². The highest BCUT2D eigenvalue weighted by atomic mass is 35.5. The van der Waals surface area contributed by atoms with Gasteiger partial charge in [-0.3, -0.25) is 14.5 Å². The molecule has 1 atom stereocenters. The van der Waals surface area contributed by atoms with Crippen molar-refractivity contribution < 1.29 is 9.59 Å². The Bertz CT molecular complexity index is 1180. The van der Waals surface area contributed by atoms with E-state index >= 15 is 0 Å². The van der Waals surface area contributed by atoms with E-state index < -0.39 is 0 Å². The standard InChI is InChI=1S/C25H29ClN4O2S2/c1-5-11-27-19(31)13-29-20(32)15-34-22(16-10-12-33-14-16)21-23(25(2,3)4)28-30(24(21)29)18-9-7-6-8-17(18)26/h6-10,12,14,22H,5,11,13,15H2,1-4H3,(H,27,31). The first-order chi connectivity index (χ1) is 16.2. The molecule has 4 rings (SSSR count). The number of rotatable bonds is 6. The molecule has 1 aromatic carbocycles. The summed E-state index contributed by atoms with van der Waals surface area (Å²) in [7, 11) is 0. The van der Waals surface area contributed by atoms with Crippen LogP contribution in [-0.4, -0.2) is 40.4 Å². The fourth-order valence-corrected chi connectivity index (χ4v) is 6.19. The lowest BCUT2D eigenvalue weighted by Crippen LogP contribution is -2.42. The number of nitrogens with zero attached hydrogens (tertiary/aromatic N) is 3. The summed E-state index contributed by atoms with van der Waals surface area (Å²) in [6.07, 6.45) is 0.826. The maximum absolute atomic E-state index is 13.5. The van der Waals surface area contributed by atoms with E-state index in [4.69, 9.17) is 16.7 Å². The molecule has 0 saturated carbocycles. The smallest absolute Gasteiger partial charge is 0.240 e. The van der Waals surface area contributed by atoms with Gasteiger partial charge in [-0.25, -0.2) is 4.68 Å². The number of fused-ring (bicyclic) bond motifs is 1. The fraction of sp³-hybridized carbons (Fsp3) is 0.400. The summed E-state index contributed by atoms with van der Waals surface area (Å²) in [5, 5.41) is 12.6. The first kappa shape index (κ1) is 24.8. The minimum atomic E-state index is -0.297. The number of thiophene rings is 1.